The number of aromatic amines is 1. The Labute approximate surface area is 89.5 Å². The second-order valence-corrected chi connectivity index (χ2v) is 3.98. The van der Waals surface area contributed by atoms with Crippen LogP contribution in [0.3, 0.4) is 0 Å². The molecule has 2 rings (SSSR count). The molecule has 4 heteroatoms. The van der Waals surface area contributed by atoms with Gasteiger partial charge in [-0.25, -0.2) is 4.68 Å². The second-order valence-electron chi connectivity index (χ2n) is 3.07. The van der Waals surface area contributed by atoms with Crippen molar-refractivity contribution in [3.8, 4) is 5.69 Å². The SMILES string of the molecule is Cc1cc(Br)ccc1-n1[nH]ccc1=O. The first-order valence-corrected chi connectivity index (χ1v) is 5.01. The fourth-order valence-corrected chi connectivity index (χ4v) is 1.85. The number of nitrogens with zero attached hydrogens (tertiary/aromatic N) is 1. The van der Waals surface area contributed by atoms with E-state index in [0.29, 0.717) is 0 Å². The van der Waals surface area contributed by atoms with E-state index < -0.39 is 0 Å². The van der Waals surface area contributed by atoms with Gasteiger partial charge in [-0.3, -0.25) is 9.89 Å². The van der Waals surface area contributed by atoms with E-state index in [4.69, 9.17) is 0 Å². The van der Waals surface area contributed by atoms with Crippen LogP contribution in [0.5, 0.6) is 0 Å². The number of aromatic nitrogens is 2. The molecule has 0 radical (unpaired) electrons. The molecule has 0 bridgehead atoms. The maximum Gasteiger partial charge on any atom is 0.271 e. The van der Waals surface area contributed by atoms with Gasteiger partial charge in [0.1, 0.15) is 0 Å². The Morgan fingerprint density at radius 3 is 2.71 bits per heavy atom. The number of H-pyrrole nitrogens is 1. The van der Waals surface area contributed by atoms with Crippen molar-refractivity contribution in [3.63, 3.8) is 0 Å². The van der Waals surface area contributed by atoms with Gasteiger partial charge < -0.3 is 0 Å². The first-order chi connectivity index (χ1) is 6.68. The summed E-state index contributed by atoms with van der Waals surface area (Å²) in [6, 6.07) is 7.29. The molecular weight excluding hydrogens is 244 g/mol. The molecule has 1 heterocycles. The van der Waals surface area contributed by atoms with E-state index in [9.17, 15) is 4.79 Å². The predicted molar refractivity (Wildman–Crippen MR) is 58.8 cm³/mol. The van der Waals surface area contributed by atoms with Gasteiger partial charge in [-0.15, -0.1) is 0 Å². The summed E-state index contributed by atoms with van der Waals surface area (Å²) in [5.74, 6) is 0. The number of benzene rings is 1. The summed E-state index contributed by atoms with van der Waals surface area (Å²) in [6.45, 7) is 1.97. The van der Waals surface area contributed by atoms with Crippen LogP contribution < -0.4 is 5.56 Å². The van der Waals surface area contributed by atoms with Crippen LogP contribution in [-0.2, 0) is 0 Å². The second kappa shape index (κ2) is 3.46. The lowest BCUT2D eigenvalue weighted by Gasteiger charge is -2.05. The number of rotatable bonds is 1. The van der Waals surface area contributed by atoms with Gasteiger partial charge in [-0.2, -0.15) is 0 Å². The molecule has 0 saturated carbocycles. The highest BCUT2D eigenvalue weighted by atomic mass is 79.9. The Bertz CT molecular complexity index is 513. The molecule has 2 aromatic rings. The zero-order chi connectivity index (χ0) is 10.1. The molecule has 0 fully saturated rings. The van der Waals surface area contributed by atoms with Crippen LogP contribution in [0.15, 0.2) is 39.7 Å². The Hall–Kier alpha value is -1.29. The molecule has 1 aromatic heterocycles. The topological polar surface area (TPSA) is 37.8 Å². The van der Waals surface area contributed by atoms with Crippen LogP contribution in [0, 0.1) is 6.92 Å². The summed E-state index contributed by atoms with van der Waals surface area (Å²) in [7, 11) is 0. The van der Waals surface area contributed by atoms with Crippen molar-refractivity contribution < 1.29 is 0 Å². The van der Waals surface area contributed by atoms with E-state index in [2.05, 4.69) is 21.0 Å². The summed E-state index contributed by atoms with van der Waals surface area (Å²) in [6.07, 6.45) is 1.63. The third-order valence-electron chi connectivity index (χ3n) is 2.05. The van der Waals surface area contributed by atoms with Gasteiger partial charge in [0, 0.05) is 16.7 Å². The fourth-order valence-electron chi connectivity index (χ4n) is 1.38. The first kappa shape index (κ1) is 9.27. The predicted octanol–water partition coefficient (Wildman–Crippen LogP) is 2.24. The number of hydrogen-bond acceptors (Lipinski definition) is 1. The van der Waals surface area contributed by atoms with E-state index in [1.807, 2.05) is 25.1 Å². The molecule has 1 aromatic carbocycles. The normalized spacial score (nSPS) is 10.4. The molecule has 0 aliphatic rings. The van der Waals surface area contributed by atoms with Crippen molar-refractivity contribution in [2.75, 3.05) is 0 Å². The highest BCUT2D eigenvalue weighted by Crippen LogP contribution is 2.17. The summed E-state index contributed by atoms with van der Waals surface area (Å²) in [5.41, 5.74) is 1.88. The highest BCUT2D eigenvalue weighted by Gasteiger charge is 2.03. The minimum Gasteiger partial charge on any atom is -0.298 e. The molecule has 3 nitrogen and oxygen atoms in total. The standard InChI is InChI=1S/C10H9BrN2O/c1-7-6-8(11)2-3-9(7)13-10(14)4-5-12-13/h2-6,12H,1H3. The molecule has 0 unspecified atom stereocenters. The molecule has 0 atom stereocenters. The van der Waals surface area contributed by atoms with Crippen molar-refractivity contribution in [1.29, 1.82) is 0 Å². The molecular formula is C10H9BrN2O. The molecule has 0 saturated heterocycles. The number of hydrogen-bond donors (Lipinski definition) is 1. The number of aryl methyl sites for hydroxylation is 1. The average molecular weight is 253 g/mol. The van der Waals surface area contributed by atoms with Crippen molar-refractivity contribution in [2.24, 2.45) is 0 Å². The quantitative estimate of drug-likeness (QED) is 0.831. The summed E-state index contributed by atoms with van der Waals surface area (Å²) < 4.78 is 2.53. The fraction of sp³-hybridized carbons (Fsp3) is 0.100. The van der Waals surface area contributed by atoms with Crippen molar-refractivity contribution >= 4 is 15.9 Å². The van der Waals surface area contributed by atoms with E-state index in [1.165, 1.54) is 10.7 Å². The van der Waals surface area contributed by atoms with E-state index in [1.54, 1.807) is 6.20 Å². The molecule has 1 N–H and O–H groups in total. The van der Waals surface area contributed by atoms with Crippen LogP contribution >= 0.6 is 15.9 Å². The maximum absolute atomic E-state index is 11.4. The lowest BCUT2D eigenvalue weighted by atomic mass is 10.2. The highest BCUT2D eigenvalue weighted by molar-refractivity contribution is 9.10. The first-order valence-electron chi connectivity index (χ1n) is 4.21. The number of halogens is 1. The maximum atomic E-state index is 11.4. The van der Waals surface area contributed by atoms with Gasteiger partial charge in [-0.1, -0.05) is 15.9 Å². The number of nitrogens with one attached hydrogen (secondary N) is 1. The Kier molecular flexibility index (Phi) is 2.29. The van der Waals surface area contributed by atoms with E-state index in [-0.39, 0.29) is 5.56 Å². The molecule has 0 aliphatic heterocycles. The lowest BCUT2D eigenvalue weighted by Crippen LogP contribution is -2.14. The van der Waals surface area contributed by atoms with Crippen molar-refractivity contribution in [1.82, 2.24) is 9.78 Å². The van der Waals surface area contributed by atoms with Crippen LogP contribution in [-0.4, -0.2) is 9.78 Å². The average Bonchev–Trinajstić information content (AvgIpc) is 2.52. The lowest BCUT2D eigenvalue weighted by molar-refractivity contribution is 0.842. The van der Waals surface area contributed by atoms with Gasteiger partial charge in [0.25, 0.3) is 5.56 Å². The van der Waals surface area contributed by atoms with Gasteiger partial charge in [0.05, 0.1) is 5.69 Å². The molecule has 72 valence electrons. The summed E-state index contributed by atoms with van der Waals surface area (Å²) in [5, 5.41) is 2.87. The van der Waals surface area contributed by atoms with Crippen molar-refractivity contribution in [3.05, 3.63) is 50.9 Å². The molecule has 0 amide bonds. The van der Waals surface area contributed by atoms with Crippen LogP contribution in [0.2, 0.25) is 0 Å². The monoisotopic (exact) mass is 252 g/mol. The Morgan fingerprint density at radius 2 is 2.14 bits per heavy atom. The van der Waals surface area contributed by atoms with E-state index in [0.717, 1.165) is 15.7 Å². The third kappa shape index (κ3) is 1.53. The molecule has 0 aliphatic carbocycles. The Morgan fingerprint density at radius 1 is 1.36 bits per heavy atom. The minimum atomic E-state index is -0.0459. The molecule has 0 spiro atoms. The Balaban J connectivity index is 2.63. The van der Waals surface area contributed by atoms with Crippen LogP contribution in [0.4, 0.5) is 0 Å². The minimum absolute atomic E-state index is 0.0459. The van der Waals surface area contributed by atoms with Crippen LogP contribution in [0.1, 0.15) is 5.56 Å². The smallest absolute Gasteiger partial charge is 0.271 e. The largest absolute Gasteiger partial charge is 0.298 e. The van der Waals surface area contributed by atoms with Crippen LogP contribution in [0.25, 0.3) is 5.69 Å². The van der Waals surface area contributed by atoms with Crippen molar-refractivity contribution in [2.45, 2.75) is 6.92 Å². The summed E-state index contributed by atoms with van der Waals surface area (Å²) in [4.78, 5) is 11.4. The zero-order valence-electron chi connectivity index (χ0n) is 7.62. The van der Waals surface area contributed by atoms with Gasteiger partial charge in [-0.05, 0) is 30.7 Å². The van der Waals surface area contributed by atoms with Gasteiger partial charge in [0.15, 0.2) is 0 Å². The van der Waals surface area contributed by atoms with Gasteiger partial charge in [0.2, 0.25) is 0 Å². The van der Waals surface area contributed by atoms with E-state index >= 15 is 0 Å². The third-order valence-corrected chi connectivity index (χ3v) is 2.54. The van der Waals surface area contributed by atoms with Gasteiger partial charge >= 0.3 is 0 Å². The summed E-state index contributed by atoms with van der Waals surface area (Å²) >= 11 is 3.38. The molecule has 14 heavy (non-hydrogen) atoms. The zero-order valence-corrected chi connectivity index (χ0v) is 9.21.